The van der Waals surface area contributed by atoms with Crippen LogP contribution in [0.25, 0.3) is 11.0 Å². The Morgan fingerprint density at radius 1 is 1.31 bits per heavy atom. The Hall–Kier alpha value is -2.93. The summed E-state index contributed by atoms with van der Waals surface area (Å²) in [6, 6.07) is 11.0. The van der Waals surface area contributed by atoms with Gasteiger partial charge in [-0.15, -0.1) is 6.58 Å². The number of para-hydroxylation sites is 1. The van der Waals surface area contributed by atoms with E-state index < -0.39 is 0 Å². The first-order valence-electron chi connectivity index (χ1n) is 8.05. The Labute approximate surface area is 155 Å². The molecule has 0 atom stereocenters. The van der Waals surface area contributed by atoms with Crippen LogP contribution in [0.1, 0.15) is 5.56 Å². The molecule has 26 heavy (non-hydrogen) atoms. The van der Waals surface area contributed by atoms with Crippen LogP contribution < -0.4 is 10.9 Å². The van der Waals surface area contributed by atoms with Crippen LogP contribution in [-0.4, -0.2) is 26.2 Å². The maximum Gasteiger partial charge on any atom is 0.263 e. The van der Waals surface area contributed by atoms with E-state index in [1.807, 2.05) is 31.2 Å². The topological polar surface area (TPSA) is 76.9 Å². The molecule has 3 rings (SSSR count). The second kappa shape index (κ2) is 7.97. The molecule has 0 saturated carbocycles. The minimum absolute atomic E-state index is 0.135. The van der Waals surface area contributed by atoms with Crippen LogP contribution in [0.4, 0.5) is 5.69 Å². The number of carbonyl (C=O) groups excluding carboxylic acids is 1. The van der Waals surface area contributed by atoms with Crippen LogP contribution in [0, 0.1) is 6.92 Å². The van der Waals surface area contributed by atoms with E-state index in [1.165, 1.54) is 16.3 Å². The van der Waals surface area contributed by atoms with Crippen molar-refractivity contribution in [2.45, 2.75) is 18.6 Å². The highest BCUT2D eigenvalue weighted by Crippen LogP contribution is 2.18. The fraction of sp³-hybridized carbons (Fsp3) is 0.158. The first-order valence-corrected chi connectivity index (χ1v) is 9.03. The quantitative estimate of drug-likeness (QED) is 0.412. The number of allylic oxidation sites excluding steroid dienone is 1. The summed E-state index contributed by atoms with van der Waals surface area (Å²) in [5.74, 6) is -0.0270. The zero-order chi connectivity index (χ0) is 18.5. The summed E-state index contributed by atoms with van der Waals surface area (Å²) < 4.78 is 1.50. The molecule has 1 amide bonds. The summed E-state index contributed by atoms with van der Waals surface area (Å²) in [6.07, 6.45) is 3.22. The normalized spacial score (nSPS) is 10.7. The maximum absolute atomic E-state index is 12.6. The number of aryl methyl sites for hydroxylation is 1. The number of hydrogen-bond donors (Lipinski definition) is 1. The van der Waals surface area contributed by atoms with Gasteiger partial charge >= 0.3 is 0 Å². The summed E-state index contributed by atoms with van der Waals surface area (Å²) in [4.78, 5) is 33.5. The van der Waals surface area contributed by atoms with Crippen molar-refractivity contribution in [2.75, 3.05) is 11.1 Å². The van der Waals surface area contributed by atoms with Crippen molar-refractivity contribution in [2.24, 2.45) is 0 Å². The number of hydrogen-bond acceptors (Lipinski definition) is 5. The Balaban J connectivity index is 1.82. The highest BCUT2D eigenvalue weighted by Gasteiger charge is 2.13. The summed E-state index contributed by atoms with van der Waals surface area (Å²) in [5.41, 5.74) is 1.95. The molecule has 0 saturated heterocycles. The minimum atomic E-state index is -0.190. The molecule has 0 aliphatic carbocycles. The van der Waals surface area contributed by atoms with Crippen molar-refractivity contribution in [3.8, 4) is 0 Å². The monoisotopic (exact) mass is 366 g/mol. The van der Waals surface area contributed by atoms with Gasteiger partial charge in [-0.25, -0.2) is 9.97 Å². The Bertz CT molecular complexity index is 1030. The SMILES string of the molecule is C=CCn1c(SCC(=O)Nc2ccccc2C)nc2ncccc2c1=O. The van der Waals surface area contributed by atoms with Crippen LogP contribution in [0.5, 0.6) is 0 Å². The molecule has 0 aliphatic heterocycles. The average Bonchev–Trinajstić information content (AvgIpc) is 2.64. The predicted octanol–water partition coefficient (Wildman–Crippen LogP) is 3.02. The van der Waals surface area contributed by atoms with Crippen LogP contribution in [0.2, 0.25) is 0 Å². The van der Waals surface area contributed by atoms with Crippen molar-refractivity contribution in [3.05, 3.63) is 71.2 Å². The Morgan fingerprint density at radius 2 is 2.12 bits per heavy atom. The number of thioether (sulfide) groups is 1. The number of fused-ring (bicyclic) bond motifs is 1. The van der Waals surface area contributed by atoms with Gasteiger partial charge in [0.25, 0.3) is 5.56 Å². The first kappa shape index (κ1) is 17.9. The number of rotatable bonds is 6. The first-order chi connectivity index (χ1) is 12.6. The minimum Gasteiger partial charge on any atom is -0.325 e. The number of nitrogens with zero attached hydrogens (tertiary/aromatic N) is 3. The van der Waals surface area contributed by atoms with E-state index in [9.17, 15) is 9.59 Å². The number of benzene rings is 1. The van der Waals surface area contributed by atoms with Crippen LogP contribution >= 0.6 is 11.8 Å². The number of pyridine rings is 1. The van der Waals surface area contributed by atoms with E-state index in [1.54, 1.807) is 24.4 Å². The van der Waals surface area contributed by atoms with Gasteiger partial charge in [-0.1, -0.05) is 36.0 Å². The van der Waals surface area contributed by atoms with Crippen molar-refractivity contribution in [1.29, 1.82) is 0 Å². The van der Waals surface area contributed by atoms with Crippen molar-refractivity contribution >= 4 is 34.4 Å². The van der Waals surface area contributed by atoms with Crippen molar-refractivity contribution in [3.63, 3.8) is 0 Å². The van der Waals surface area contributed by atoms with Gasteiger partial charge in [-0.3, -0.25) is 14.2 Å². The number of anilines is 1. The lowest BCUT2D eigenvalue weighted by Gasteiger charge is -2.11. The second-order valence-electron chi connectivity index (χ2n) is 5.63. The van der Waals surface area contributed by atoms with E-state index >= 15 is 0 Å². The molecule has 1 N–H and O–H groups in total. The summed E-state index contributed by atoms with van der Waals surface area (Å²) >= 11 is 1.20. The van der Waals surface area contributed by atoms with Gasteiger partial charge in [-0.2, -0.15) is 0 Å². The molecule has 1 aromatic carbocycles. The fourth-order valence-electron chi connectivity index (χ4n) is 2.47. The zero-order valence-corrected chi connectivity index (χ0v) is 15.1. The molecular weight excluding hydrogens is 348 g/mol. The van der Waals surface area contributed by atoms with E-state index in [0.29, 0.717) is 22.7 Å². The van der Waals surface area contributed by atoms with Crippen molar-refractivity contribution < 1.29 is 4.79 Å². The summed E-state index contributed by atoms with van der Waals surface area (Å²) in [7, 11) is 0. The predicted molar refractivity (Wildman–Crippen MR) is 105 cm³/mol. The molecule has 0 aliphatic rings. The molecule has 0 fully saturated rings. The Kier molecular flexibility index (Phi) is 5.48. The standard InChI is InChI=1S/C19H18N4O2S/c1-3-11-23-18(25)14-8-6-10-20-17(14)22-19(23)26-12-16(24)21-15-9-5-4-7-13(15)2/h3-10H,1,11-12H2,2H3,(H,21,24). The molecular formula is C19H18N4O2S. The number of carbonyl (C=O) groups is 1. The maximum atomic E-state index is 12.6. The molecule has 0 bridgehead atoms. The number of nitrogens with one attached hydrogen (secondary N) is 1. The molecule has 0 spiro atoms. The number of aromatic nitrogens is 3. The summed E-state index contributed by atoms with van der Waals surface area (Å²) in [5, 5.41) is 3.77. The lowest BCUT2D eigenvalue weighted by Crippen LogP contribution is -2.24. The molecule has 7 heteroatoms. The van der Waals surface area contributed by atoms with E-state index in [-0.39, 0.29) is 17.2 Å². The van der Waals surface area contributed by atoms with Gasteiger partial charge in [0.2, 0.25) is 5.91 Å². The van der Waals surface area contributed by atoms with Crippen LogP contribution in [-0.2, 0) is 11.3 Å². The van der Waals surface area contributed by atoms with Gasteiger partial charge in [0, 0.05) is 18.4 Å². The molecule has 0 unspecified atom stereocenters. The second-order valence-corrected chi connectivity index (χ2v) is 6.57. The van der Waals surface area contributed by atoms with Gasteiger partial charge in [0.15, 0.2) is 10.8 Å². The fourth-order valence-corrected chi connectivity index (χ4v) is 3.26. The van der Waals surface area contributed by atoms with Gasteiger partial charge in [0.1, 0.15) is 0 Å². The highest BCUT2D eigenvalue weighted by atomic mass is 32.2. The largest absolute Gasteiger partial charge is 0.325 e. The number of amides is 1. The third-order valence-corrected chi connectivity index (χ3v) is 4.73. The molecule has 2 aromatic heterocycles. The van der Waals surface area contributed by atoms with Gasteiger partial charge in [-0.05, 0) is 30.7 Å². The zero-order valence-electron chi connectivity index (χ0n) is 14.3. The molecule has 6 nitrogen and oxygen atoms in total. The molecule has 2 heterocycles. The Morgan fingerprint density at radius 3 is 2.88 bits per heavy atom. The molecule has 132 valence electrons. The van der Waals surface area contributed by atoms with Gasteiger partial charge < -0.3 is 5.32 Å². The molecule has 0 radical (unpaired) electrons. The van der Waals surface area contributed by atoms with Gasteiger partial charge in [0.05, 0.1) is 11.1 Å². The smallest absolute Gasteiger partial charge is 0.263 e. The molecule has 3 aromatic rings. The highest BCUT2D eigenvalue weighted by molar-refractivity contribution is 7.99. The third-order valence-electron chi connectivity index (χ3n) is 3.76. The van der Waals surface area contributed by atoms with E-state index in [0.717, 1.165) is 11.3 Å². The van der Waals surface area contributed by atoms with Crippen LogP contribution in [0.15, 0.2) is 65.2 Å². The summed E-state index contributed by atoms with van der Waals surface area (Å²) in [6.45, 7) is 5.94. The van der Waals surface area contributed by atoms with E-state index in [4.69, 9.17) is 0 Å². The average molecular weight is 366 g/mol. The van der Waals surface area contributed by atoms with Crippen LogP contribution in [0.3, 0.4) is 0 Å². The third kappa shape index (κ3) is 3.83. The lowest BCUT2D eigenvalue weighted by atomic mass is 10.2. The van der Waals surface area contributed by atoms with Crippen molar-refractivity contribution in [1.82, 2.24) is 14.5 Å². The lowest BCUT2D eigenvalue weighted by molar-refractivity contribution is -0.113. The van der Waals surface area contributed by atoms with E-state index in [2.05, 4.69) is 21.9 Å².